The summed E-state index contributed by atoms with van der Waals surface area (Å²) in [6, 6.07) is 8.20. The Morgan fingerprint density at radius 3 is 2.00 bits per heavy atom. The van der Waals surface area contributed by atoms with Gasteiger partial charge >= 0.3 is 0 Å². The highest BCUT2D eigenvalue weighted by Gasteiger charge is 2.21. The van der Waals surface area contributed by atoms with E-state index in [0.717, 1.165) is 5.75 Å². The molecule has 1 nitrogen and oxygen atoms in total. The first-order valence-corrected chi connectivity index (χ1v) is 5.13. The van der Waals surface area contributed by atoms with E-state index in [-0.39, 0.29) is 11.5 Å². The number of aryl methyl sites for hydroxylation is 1. The lowest BCUT2D eigenvalue weighted by Crippen LogP contribution is -2.28. The molecule has 1 heteroatoms. The van der Waals surface area contributed by atoms with E-state index in [4.69, 9.17) is 4.74 Å². The van der Waals surface area contributed by atoms with Gasteiger partial charge in [0.1, 0.15) is 11.9 Å². The van der Waals surface area contributed by atoms with E-state index in [0.29, 0.717) is 0 Å². The van der Waals surface area contributed by atoms with Crippen molar-refractivity contribution in [2.24, 2.45) is 5.41 Å². The van der Waals surface area contributed by atoms with Gasteiger partial charge in [-0.3, -0.25) is 0 Å². The quantitative estimate of drug-likeness (QED) is 0.692. The molecule has 0 fully saturated rings. The van der Waals surface area contributed by atoms with Gasteiger partial charge in [-0.05, 0) is 31.4 Å². The fourth-order valence-electron chi connectivity index (χ4n) is 0.998. The zero-order valence-electron chi connectivity index (χ0n) is 9.79. The van der Waals surface area contributed by atoms with Crippen LogP contribution >= 0.6 is 0 Å². The molecule has 1 rings (SSSR count). The maximum atomic E-state index is 5.83. The van der Waals surface area contributed by atoms with Crippen molar-refractivity contribution < 1.29 is 4.74 Å². The smallest absolute Gasteiger partial charge is 0.119 e. The van der Waals surface area contributed by atoms with E-state index < -0.39 is 0 Å². The predicted molar refractivity (Wildman–Crippen MR) is 60.7 cm³/mol. The monoisotopic (exact) mass is 192 g/mol. The van der Waals surface area contributed by atoms with Gasteiger partial charge in [0.25, 0.3) is 0 Å². The molecule has 0 heterocycles. The lowest BCUT2D eigenvalue weighted by atomic mass is 9.90. The highest BCUT2D eigenvalue weighted by Crippen LogP contribution is 2.24. The van der Waals surface area contributed by atoms with E-state index in [1.807, 2.05) is 12.1 Å². The molecular formula is C13H20O. The summed E-state index contributed by atoms with van der Waals surface area (Å²) in [7, 11) is 0. The summed E-state index contributed by atoms with van der Waals surface area (Å²) in [5.41, 5.74) is 1.45. The summed E-state index contributed by atoms with van der Waals surface area (Å²) in [5, 5.41) is 0. The molecule has 1 atom stereocenters. The average Bonchev–Trinajstić information content (AvgIpc) is 2.07. The topological polar surface area (TPSA) is 9.23 Å². The summed E-state index contributed by atoms with van der Waals surface area (Å²) < 4.78 is 5.83. The SMILES string of the molecule is Cc1ccc(OC(C)C(C)(C)C)cc1. The Balaban J connectivity index is 2.65. The van der Waals surface area contributed by atoms with Crippen LogP contribution in [0.4, 0.5) is 0 Å². The third-order valence-corrected chi connectivity index (χ3v) is 2.55. The predicted octanol–water partition coefficient (Wildman–Crippen LogP) is 3.81. The molecule has 0 N–H and O–H groups in total. The molecule has 78 valence electrons. The second-order valence-corrected chi connectivity index (χ2v) is 4.94. The van der Waals surface area contributed by atoms with Crippen LogP contribution in [0, 0.1) is 12.3 Å². The van der Waals surface area contributed by atoms with Crippen LogP contribution in [-0.4, -0.2) is 6.10 Å². The third kappa shape index (κ3) is 3.06. The van der Waals surface area contributed by atoms with Crippen LogP contribution < -0.4 is 4.74 Å². The molecule has 1 aromatic carbocycles. The Morgan fingerprint density at radius 1 is 1.07 bits per heavy atom. The van der Waals surface area contributed by atoms with Crippen LogP contribution in [0.3, 0.4) is 0 Å². The van der Waals surface area contributed by atoms with Gasteiger partial charge in [0, 0.05) is 0 Å². The number of hydrogen-bond donors (Lipinski definition) is 0. The molecule has 1 unspecified atom stereocenters. The van der Waals surface area contributed by atoms with E-state index in [1.165, 1.54) is 5.56 Å². The maximum absolute atomic E-state index is 5.83. The fraction of sp³-hybridized carbons (Fsp3) is 0.538. The molecule has 0 aliphatic carbocycles. The van der Waals surface area contributed by atoms with Crippen molar-refractivity contribution in [3.63, 3.8) is 0 Å². The second-order valence-electron chi connectivity index (χ2n) is 4.94. The molecule has 0 aromatic heterocycles. The van der Waals surface area contributed by atoms with Gasteiger partial charge in [-0.2, -0.15) is 0 Å². The minimum atomic E-state index is 0.185. The molecule has 0 saturated carbocycles. The number of ether oxygens (including phenoxy) is 1. The Labute approximate surface area is 87.1 Å². The molecule has 1 aromatic rings. The van der Waals surface area contributed by atoms with Crippen molar-refractivity contribution in [3.8, 4) is 5.75 Å². The van der Waals surface area contributed by atoms with Gasteiger partial charge in [-0.15, -0.1) is 0 Å². The molecule has 0 amide bonds. The Hall–Kier alpha value is -0.980. The zero-order valence-corrected chi connectivity index (χ0v) is 9.79. The van der Waals surface area contributed by atoms with Crippen molar-refractivity contribution in [2.75, 3.05) is 0 Å². The summed E-state index contributed by atoms with van der Waals surface area (Å²) in [5.74, 6) is 0.957. The standard InChI is InChI=1S/C13H20O/c1-10-6-8-12(9-7-10)14-11(2)13(3,4)5/h6-9,11H,1-5H3. The molecule has 0 aliphatic rings. The molecular weight excluding hydrogens is 172 g/mol. The maximum Gasteiger partial charge on any atom is 0.119 e. The van der Waals surface area contributed by atoms with Gasteiger partial charge in [0.2, 0.25) is 0 Å². The van der Waals surface area contributed by atoms with Gasteiger partial charge in [0.15, 0.2) is 0 Å². The highest BCUT2D eigenvalue weighted by molar-refractivity contribution is 5.26. The van der Waals surface area contributed by atoms with E-state index in [2.05, 4.69) is 46.8 Å². The second kappa shape index (κ2) is 4.04. The molecule has 0 saturated heterocycles. The normalized spacial score (nSPS) is 13.8. The van der Waals surface area contributed by atoms with Crippen LogP contribution in [-0.2, 0) is 0 Å². The van der Waals surface area contributed by atoms with Crippen molar-refractivity contribution in [3.05, 3.63) is 29.8 Å². The largest absolute Gasteiger partial charge is 0.490 e. The van der Waals surface area contributed by atoms with Crippen LogP contribution in [0.25, 0.3) is 0 Å². The Morgan fingerprint density at radius 2 is 1.57 bits per heavy atom. The first-order chi connectivity index (χ1) is 6.39. The van der Waals surface area contributed by atoms with Gasteiger partial charge in [0.05, 0.1) is 0 Å². The molecule has 0 aliphatic heterocycles. The average molecular weight is 192 g/mol. The van der Waals surface area contributed by atoms with E-state index in [9.17, 15) is 0 Å². The van der Waals surface area contributed by atoms with Crippen LogP contribution in [0.1, 0.15) is 33.3 Å². The van der Waals surface area contributed by atoms with Crippen molar-refractivity contribution in [1.29, 1.82) is 0 Å². The summed E-state index contributed by atoms with van der Waals surface area (Å²) in [6.07, 6.45) is 0.227. The first-order valence-electron chi connectivity index (χ1n) is 5.13. The number of rotatable bonds is 2. The van der Waals surface area contributed by atoms with Crippen LogP contribution in [0.5, 0.6) is 5.75 Å². The van der Waals surface area contributed by atoms with Crippen LogP contribution in [0.15, 0.2) is 24.3 Å². The van der Waals surface area contributed by atoms with Crippen molar-refractivity contribution in [2.45, 2.75) is 40.7 Å². The minimum Gasteiger partial charge on any atom is -0.490 e. The molecule has 0 bridgehead atoms. The fourth-order valence-corrected chi connectivity index (χ4v) is 0.998. The Bertz CT molecular complexity index is 279. The van der Waals surface area contributed by atoms with Gasteiger partial charge < -0.3 is 4.74 Å². The lowest BCUT2D eigenvalue weighted by molar-refractivity contribution is 0.103. The summed E-state index contributed by atoms with van der Waals surface area (Å²) >= 11 is 0. The highest BCUT2D eigenvalue weighted by atomic mass is 16.5. The molecule has 0 spiro atoms. The summed E-state index contributed by atoms with van der Waals surface area (Å²) in [4.78, 5) is 0. The molecule has 0 radical (unpaired) electrons. The van der Waals surface area contributed by atoms with Gasteiger partial charge in [-0.1, -0.05) is 38.5 Å². The van der Waals surface area contributed by atoms with Gasteiger partial charge in [-0.25, -0.2) is 0 Å². The zero-order chi connectivity index (χ0) is 10.8. The van der Waals surface area contributed by atoms with E-state index in [1.54, 1.807) is 0 Å². The third-order valence-electron chi connectivity index (χ3n) is 2.55. The van der Waals surface area contributed by atoms with Crippen molar-refractivity contribution in [1.82, 2.24) is 0 Å². The van der Waals surface area contributed by atoms with E-state index >= 15 is 0 Å². The lowest BCUT2D eigenvalue weighted by Gasteiger charge is -2.27. The number of hydrogen-bond acceptors (Lipinski definition) is 1. The number of benzene rings is 1. The van der Waals surface area contributed by atoms with Crippen LogP contribution in [0.2, 0.25) is 0 Å². The molecule has 14 heavy (non-hydrogen) atoms. The Kier molecular flexibility index (Phi) is 3.20. The van der Waals surface area contributed by atoms with Crippen molar-refractivity contribution >= 4 is 0 Å². The minimum absolute atomic E-state index is 0.185. The summed E-state index contributed by atoms with van der Waals surface area (Å²) in [6.45, 7) is 10.8. The first kappa shape index (κ1) is 11.1.